The minimum Gasteiger partial charge on any atom is -0.386 e. The van der Waals surface area contributed by atoms with Gasteiger partial charge in [-0.2, -0.15) is 0 Å². The highest BCUT2D eigenvalue weighted by atomic mass is 14.9. The van der Waals surface area contributed by atoms with Crippen LogP contribution in [0, 0.1) is 0 Å². The third kappa shape index (κ3) is 2.36. The minimum atomic E-state index is 1.05. The highest BCUT2D eigenvalue weighted by Crippen LogP contribution is 2.01. The molecule has 0 saturated heterocycles. The molecular weight excluding hydrogens is 110 g/mol. The molecule has 9 heavy (non-hydrogen) atoms. The van der Waals surface area contributed by atoms with Crippen molar-refractivity contribution in [3.05, 3.63) is 24.4 Å². The van der Waals surface area contributed by atoms with E-state index in [1.807, 2.05) is 0 Å². The molecule has 0 radical (unpaired) electrons. The van der Waals surface area contributed by atoms with Crippen LogP contribution >= 0.6 is 0 Å². The highest BCUT2D eigenvalue weighted by molar-refractivity contribution is 5.12. The summed E-state index contributed by atoms with van der Waals surface area (Å²) in [5.41, 5.74) is 1.05. The maximum absolute atomic E-state index is 3.82. The summed E-state index contributed by atoms with van der Waals surface area (Å²) in [6.07, 6.45) is 8.01. The summed E-state index contributed by atoms with van der Waals surface area (Å²) in [5, 5.41) is 3.20. The Morgan fingerprint density at radius 2 is 2.33 bits per heavy atom. The predicted octanol–water partition coefficient (Wildman–Crippen LogP) is 1.83. The number of allylic oxidation sites excluding steroid dienone is 2. The van der Waals surface area contributed by atoms with Crippen molar-refractivity contribution in [3.8, 4) is 0 Å². The molecule has 1 nitrogen and oxygen atoms in total. The summed E-state index contributed by atoms with van der Waals surface area (Å²) < 4.78 is 0. The summed E-state index contributed by atoms with van der Waals surface area (Å²) in [4.78, 5) is 0. The van der Waals surface area contributed by atoms with E-state index in [9.17, 15) is 0 Å². The Kier molecular flexibility index (Phi) is 2.37. The van der Waals surface area contributed by atoms with Crippen molar-refractivity contribution in [3.63, 3.8) is 0 Å². The molecule has 1 N–H and O–H groups in total. The Hall–Kier alpha value is -0.720. The zero-order chi connectivity index (χ0) is 6.53. The average molecular weight is 123 g/mol. The van der Waals surface area contributed by atoms with Gasteiger partial charge >= 0.3 is 0 Å². The van der Waals surface area contributed by atoms with E-state index in [0.29, 0.717) is 0 Å². The molecule has 1 aliphatic rings. The first-order chi connectivity index (χ1) is 4.39. The molecule has 0 unspecified atom stereocenters. The molecule has 0 atom stereocenters. The normalized spacial score (nSPS) is 23.8. The van der Waals surface area contributed by atoms with Crippen molar-refractivity contribution < 1.29 is 0 Å². The third-order valence-corrected chi connectivity index (χ3v) is 1.47. The molecule has 0 bridgehead atoms. The monoisotopic (exact) mass is 123 g/mol. The molecule has 0 spiro atoms. The lowest BCUT2D eigenvalue weighted by atomic mass is 10.2. The first-order valence-electron chi connectivity index (χ1n) is 3.49. The number of rotatable bonds is 0. The molecule has 1 heteroatoms. The fourth-order valence-corrected chi connectivity index (χ4v) is 0.921. The van der Waals surface area contributed by atoms with Crippen LogP contribution in [0.5, 0.6) is 0 Å². The standard InChI is InChI=1S/C8H13N/c1-8-6-4-2-3-5-7-9-8/h4,6,9H,1-3,5,7H2/b6-4-. The van der Waals surface area contributed by atoms with Gasteiger partial charge in [0.25, 0.3) is 0 Å². The second kappa shape index (κ2) is 3.33. The van der Waals surface area contributed by atoms with Gasteiger partial charge in [-0.15, -0.1) is 0 Å². The maximum atomic E-state index is 3.82. The van der Waals surface area contributed by atoms with Gasteiger partial charge in [0, 0.05) is 12.2 Å². The Bertz CT molecular complexity index is 125. The molecule has 50 valence electrons. The molecule has 1 heterocycles. The molecular formula is C8H13N. The van der Waals surface area contributed by atoms with E-state index < -0.39 is 0 Å². The lowest BCUT2D eigenvalue weighted by Gasteiger charge is -2.07. The number of hydrogen-bond acceptors (Lipinski definition) is 1. The van der Waals surface area contributed by atoms with Gasteiger partial charge in [0.05, 0.1) is 0 Å². The highest BCUT2D eigenvalue weighted by Gasteiger charge is 1.91. The minimum absolute atomic E-state index is 1.05. The van der Waals surface area contributed by atoms with Crippen molar-refractivity contribution in [1.29, 1.82) is 0 Å². The van der Waals surface area contributed by atoms with Gasteiger partial charge in [-0.25, -0.2) is 0 Å². The van der Waals surface area contributed by atoms with Gasteiger partial charge in [0.15, 0.2) is 0 Å². The van der Waals surface area contributed by atoms with Gasteiger partial charge in [-0.1, -0.05) is 12.7 Å². The Labute approximate surface area is 56.5 Å². The van der Waals surface area contributed by atoms with Gasteiger partial charge in [0.2, 0.25) is 0 Å². The zero-order valence-corrected chi connectivity index (χ0v) is 5.69. The van der Waals surface area contributed by atoms with E-state index in [1.165, 1.54) is 19.3 Å². The van der Waals surface area contributed by atoms with Gasteiger partial charge < -0.3 is 5.32 Å². The topological polar surface area (TPSA) is 12.0 Å². The summed E-state index contributed by atoms with van der Waals surface area (Å²) >= 11 is 0. The van der Waals surface area contributed by atoms with Crippen molar-refractivity contribution >= 4 is 0 Å². The number of nitrogens with one attached hydrogen (secondary N) is 1. The quantitative estimate of drug-likeness (QED) is 0.518. The largest absolute Gasteiger partial charge is 0.386 e. The van der Waals surface area contributed by atoms with Crippen LogP contribution in [0.2, 0.25) is 0 Å². The second-order valence-corrected chi connectivity index (χ2v) is 2.35. The summed E-state index contributed by atoms with van der Waals surface area (Å²) in [6.45, 7) is 4.90. The number of hydrogen-bond donors (Lipinski definition) is 1. The van der Waals surface area contributed by atoms with E-state index in [-0.39, 0.29) is 0 Å². The van der Waals surface area contributed by atoms with Crippen LogP contribution in [-0.2, 0) is 0 Å². The lowest BCUT2D eigenvalue weighted by Crippen LogP contribution is -2.13. The third-order valence-electron chi connectivity index (χ3n) is 1.47. The van der Waals surface area contributed by atoms with Crippen LogP contribution in [0.3, 0.4) is 0 Å². The Balaban J connectivity index is 2.39. The predicted molar refractivity (Wildman–Crippen MR) is 40.1 cm³/mol. The van der Waals surface area contributed by atoms with Gasteiger partial charge in [0.1, 0.15) is 0 Å². The van der Waals surface area contributed by atoms with Crippen molar-refractivity contribution in [1.82, 2.24) is 5.32 Å². The molecule has 0 saturated carbocycles. The maximum Gasteiger partial charge on any atom is 0.0263 e. The first kappa shape index (κ1) is 6.40. The molecule has 1 aliphatic heterocycles. The summed E-state index contributed by atoms with van der Waals surface area (Å²) in [7, 11) is 0. The van der Waals surface area contributed by atoms with E-state index in [1.54, 1.807) is 0 Å². The molecule has 0 aromatic rings. The zero-order valence-electron chi connectivity index (χ0n) is 5.69. The fraction of sp³-hybridized carbons (Fsp3) is 0.500. The van der Waals surface area contributed by atoms with E-state index in [0.717, 1.165) is 12.2 Å². The van der Waals surface area contributed by atoms with Crippen LogP contribution < -0.4 is 5.32 Å². The van der Waals surface area contributed by atoms with Crippen LogP contribution in [0.4, 0.5) is 0 Å². The van der Waals surface area contributed by atoms with Crippen LogP contribution in [0.15, 0.2) is 24.4 Å². The Morgan fingerprint density at radius 3 is 3.22 bits per heavy atom. The molecule has 0 fully saturated rings. The smallest absolute Gasteiger partial charge is 0.0263 e. The lowest BCUT2D eigenvalue weighted by molar-refractivity contribution is 0.682. The molecule has 0 aromatic heterocycles. The van der Waals surface area contributed by atoms with Crippen LogP contribution in [0.25, 0.3) is 0 Å². The van der Waals surface area contributed by atoms with Crippen molar-refractivity contribution in [2.24, 2.45) is 0 Å². The molecule has 1 rings (SSSR count). The Morgan fingerprint density at radius 1 is 1.44 bits per heavy atom. The second-order valence-electron chi connectivity index (χ2n) is 2.35. The van der Waals surface area contributed by atoms with Crippen molar-refractivity contribution in [2.75, 3.05) is 6.54 Å². The molecule has 0 amide bonds. The summed E-state index contributed by atoms with van der Waals surface area (Å²) in [5.74, 6) is 0. The van der Waals surface area contributed by atoms with E-state index >= 15 is 0 Å². The molecule has 0 aromatic carbocycles. The van der Waals surface area contributed by atoms with Gasteiger partial charge in [-0.3, -0.25) is 0 Å². The van der Waals surface area contributed by atoms with E-state index in [2.05, 4.69) is 24.0 Å². The van der Waals surface area contributed by atoms with Gasteiger partial charge in [-0.05, 0) is 25.3 Å². The first-order valence-corrected chi connectivity index (χ1v) is 3.49. The fourth-order valence-electron chi connectivity index (χ4n) is 0.921. The SMILES string of the molecule is C=C1/C=C\CCCCN1. The van der Waals surface area contributed by atoms with E-state index in [4.69, 9.17) is 0 Å². The van der Waals surface area contributed by atoms with Crippen LogP contribution in [0.1, 0.15) is 19.3 Å². The van der Waals surface area contributed by atoms with Crippen molar-refractivity contribution in [2.45, 2.75) is 19.3 Å². The summed E-state index contributed by atoms with van der Waals surface area (Å²) in [6, 6.07) is 0. The van der Waals surface area contributed by atoms with Crippen LogP contribution in [-0.4, -0.2) is 6.54 Å². The average Bonchev–Trinajstić information content (AvgIpc) is 1.79. The molecule has 0 aliphatic carbocycles.